The van der Waals surface area contributed by atoms with Crippen LogP contribution in [-0.4, -0.2) is 34.2 Å². The van der Waals surface area contributed by atoms with Crippen molar-refractivity contribution in [1.82, 2.24) is 15.2 Å². The van der Waals surface area contributed by atoms with Gasteiger partial charge in [-0.05, 0) is 30.4 Å². The number of carbonyl (C=O) groups excluding carboxylic acids is 3. The highest BCUT2D eigenvalue weighted by Gasteiger charge is 2.48. The summed E-state index contributed by atoms with van der Waals surface area (Å²) in [6.07, 6.45) is 3.51. The van der Waals surface area contributed by atoms with Crippen LogP contribution < -0.4 is 5.32 Å². The molecule has 2 aliphatic rings. The lowest BCUT2D eigenvalue weighted by molar-refractivity contribution is -0.143. The Morgan fingerprint density at radius 1 is 1.12 bits per heavy atom. The van der Waals surface area contributed by atoms with E-state index in [-0.39, 0.29) is 36.1 Å². The van der Waals surface area contributed by atoms with Gasteiger partial charge < -0.3 is 10.3 Å². The van der Waals surface area contributed by atoms with Crippen molar-refractivity contribution in [1.29, 1.82) is 0 Å². The number of aromatic amines is 1. The Bertz CT molecular complexity index is 784. The van der Waals surface area contributed by atoms with Gasteiger partial charge in [0.15, 0.2) is 0 Å². The first-order valence-electron chi connectivity index (χ1n) is 8.82. The molecule has 1 aliphatic carbocycles. The van der Waals surface area contributed by atoms with Crippen LogP contribution in [0.5, 0.6) is 0 Å². The van der Waals surface area contributed by atoms with Gasteiger partial charge in [-0.2, -0.15) is 0 Å². The molecular formula is C19H21N3O3. The summed E-state index contributed by atoms with van der Waals surface area (Å²) in [5.74, 6) is -1.06. The van der Waals surface area contributed by atoms with Crippen LogP contribution in [0.15, 0.2) is 30.3 Å². The highest BCUT2D eigenvalue weighted by Crippen LogP contribution is 2.37. The highest BCUT2D eigenvalue weighted by molar-refractivity contribution is 6.07. The van der Waals surface area contributed by atoms with Gasteiger partial charge in [0.05, 0.1) is 18.4 Å². The van der Waals surface area contributed by atoms with E-state index >= 15 is 0 Å². The number of likely N-dealkylation sites (tertiary alicyclic amines) is 1. The summed E-state index contributed by atoms with van der Waals surface area (Å²) in [5.41, 5.74) is 1.91. The number of nitrogens with zero attached hydrogens (tertiary/aromatic N) is 1. The molecular weight excluding hydrogens is 318 g/mol. The molecule has 2 atom stereocenters. The topological polar surface area (TPSA) is 82.3 Å². The summed E-state index contributed by atoms with van der Waals surface area (Å²) in [7, 11) is 0. The predicted octanol–water partition coefficient (Wildman–Crippen LogP) is 1.96. The monoisotopic (exact) mass is 339 g/mol. The third-order valence-electron chi connectivity index (χ3n) is 5.30. The summed E-state index contributed by atoms with van der Waals surface area (Å²) >= 11 is 0. The second-order valence-corrected chi connectivity index (χ2v) is 6.92. The molecule has 6 nitrogen and oxygen atoms in total. The molecule has 4 rings (SSSR count). The fraction of sp³-hybridized carbons (Fsp3) is 0.421. The van der Waals surface area contributed by atoms with Crippen LogP contribution in [0.3, 0.4) is 0 Å². The molecule has 6 heteroatoms. The lowest BCUT2D eigenvalue weighted by Crippen LogP contribution is -2.40. The van der Waals surface area contributed by atoms with Crippen LogP contribution in [-0.2, 0) is 20.9 Å². The molecule has 2 heterocycles. The van der Waals surface area contributed by atoms with Crippen LogP contribution in [0.1, 0.15) is 31.4 Å². The lowest BCUT2D eigenvalue weighted by Gasteiger charge is -2.19. The number of H-pyrrole nitrogens is 1. The summed E-state index contributed by atoms with van der Waals surface area (Å²) in [6.45, 7) is 0.168. The predicted molar refractivity (Wildman–Crippen MR) is 92.3 cm³/mol. The Hall–Kier alpha value is -2.63. The fourth-order valence-electron chi connectivity index (χ4n) is 4.01. The zero-order valence-corrected chi connectivity index (χ0v) is 14.0. The molecule has 1 aliphatic heterocycles. The second-order valence-electron chi connectivity index (χ2n) is 6.92. The Balaban J connectivity index is 1.37. The minimum Gasteiger partial charge on any atom is -0.357 e. The molecule has 0 radical (unpaired) electrons. The van der Waals surface area contributed by atoms with E-state index in [0.29, 0.717) is 6.54 Å². The first-order chi connectivity index (χ1) is 12.1. The molecule has 1 aromatic carbocycles. The van der Waals surface area contributed by atoms with E-state index in [0.717, 1.165) is 47.2 Å². The van der Waals surface area contributed by atoms with Crippen LogP contribution in [0.2, 0.25) is 0 Å². The van der Waals surface area contributed by atoms with Gasteiger partial charge in [-0.1, -0.05) is 31.0 Å². The quantitative estimate of drug-likeness (QED) is 0.836. The van der Waals surface area contributed by atoms with Gasteiger partial charge >= 0.3 is 0 Å². The van der Waals surface area contributed by atoms with E-state index in [4.69, 9.17) is 0 Å². The number of amides is 3. The molecule has 130 valence electrons. The van der Waals surface area contributed by atoms with E-state index in [1.165, 1.54) is 0 Å². The molecule has 3 amide bonds. The fourth-order valence-corrected chi connectivity index (χ4v) is 4.01. The molecule has 0 bridgehead atoms. The number of hydrogen-bond donors (Lipinski definition) is 2. The average Bonchev–Trinajstić information content (AvgIpc) is 3.15. The standard InChI is InChI=1S/C19H21N3O3/c23-17(20-10-13-9-12-5-1-4-8-16(12)21-13)11-22-18(24)14-6-2-3-7-15(14)19(22)25/h1,4-5,8-9,14-15,21H,2-3,6-7,10-11H2,(H,20,23)/t14-,15+. The Morgan fingerprint density at radius 3 is 2.48 bits per heavy atom. The van der Waals surface area contributed by atoms with E-state index in [9.17, 15) is 14.4 Å². The molecule has 2 aromatic rings. The molecule has 0 spiro atoms. The average molecular weight is 339 g/mol. The number of aromatic nitrogens is 1. The minimum absolute atomic E-state index is 0.171. The molecule has 2 fully saturated rings. The van der Waals surface area contributed by atoms with Gasteiger partial charge in [0, 0.05) is 11.2 Å². The van der Waals surface area contributed by atoms with Gasteiger partial charge in [0.2, 0.25) is 17.7 Å². The normalized spacial score (nSPS) is 23.1. The molecule has 2 N–H and O–H groups in total. The third kappa shape index (κ3) is 2.92. The van der Waals surface area contributed by atoms with Crippen molar-refractivity contribution in [3.8, 4) is 0 Å². The van der Waals surface area contributed by atoms with Crippen LogP contribution >= 0.6 is 0 Å². The first kappa shape index (κ1) is 15.9. The van der Waals surface area contributed by atoms with E-state index in [2.05, 4.69) is 10.3 Å². The van der Waals surface area contributed by atoms with Gasteiger partial charge in [0.1, 0.15) is 6.54 Å². The number of imide groups is 1. The van der Waals surface area contributed by atoms with Gasteiger partial charge in [-0.3, -0.25) is 19.3 Å². The van der Waals surface area contributed by atoms with Gasteiger partial charge in [0.25, 0.3) is 0 Å². The molecule has 25 heavy (non-hydrogen) atoms. The number of para-hydroxylation sites is 1. The van der Waals surface area contributed by atoms with Crippen molar-refractivity contribution in [3.05, 3.63) is 36.0 Å². The maximum Gasteiger partial charge on any atom is 0.240 e. The van der Waals surface area contributed by atoms with Gasteiger partial charge in [-0.25, -0.2) is 0 Å². The number of nitrogens with one attached hydrogen (secondary N) is 2. The van der Waals surface area contributed by atoms with Crippen LogP contribution in [0, 0.1) is 11.8 Å². The summed E-state index contributed by atoms with van der Waals surface area (Å²) < 4.78 is 0. The smallest absolute Gasteiger partial charge is 0.240 e. The SMILES string of the molecule is O=C(CN1C(=O)[C@H]2CCCC[C@H]2C1=O)NCc1cc2ccccc2[nH]1. The molecule has 1 aromatic heterocycles. The molecule has 1 saturated carbocycles. The Kier molecular flexibility index (Phi) is 4.03. The second kappa shape index (κ2) is 6.35. The largest absolute Gasteiger partial charge is 0.357 e. The maximum absolute atomic E-state index is 12.4. The summed E-state index contributed by atoms with van der Waals surface area (Å²) in [4.78, 5) is 41.4. The van der Waals surface area contributed by atoms with Crippen molar-refractivity contribution >= 4 is 28.6 Å². The van der Waals surface area contributed by atoms with E-state index in [1.807, 2.05) is 30.3 Å². The third-order valence-corrected chi connectivity index (χ3v) is 5.30. The Morgan fingerprint density at radius 2 is 1.80 bits per heavy atom. The maximum atomic E-state index is 12.4. The summed E-state index contributed by atoms with van der Waals surface area (Å²) in [6, 6.07) is 9.87. The zero-order valence-electron chi connectivity index (χ0n) is 14.0. The number of fused-ring (bicyclic) bond motifs is 2. The molecule has 1 saturated heterocycles. The van der Waals surface area contributed by atoms with Crippen molar-refractivity contribution in [2.24, 2.45) is 11.8 Å². The van der Waals surface area contributed by atoms with E-state index < -0.39 is 0 Å². The first-order valence-corrected chi connectivity index (χ1v) is 8.82. The minimum atomic E-state index is -0.306. The van der Waals surface area contributed by atoms with E-state index in [1.54, 1.807) is 0 Å². The van der Waals surface area contributed by atoms with Crippen molar-refractivity contribution < 1.29 is 14.4 Å². The number of rotatable bonds is 4. The van der Waals surface area contributed by atoms with Crippen molar-refractivity contribution in [2.45, 2.75) is 32.2 Å². The van der Waals surface area contributed by atoms with Gasteiger partial charge in [-0.15, -0.1) is 0 Å². The summed E-state index contributed by atoms with van der Waals surface area (Å²) in [5, 5.41) is 3.88. The number of hydrogen-bond acceptors (Lipinski definition) is 3. The van der Waals surface area contributed by atoms with Crippen LogP contribution in [0.25, 0.3) is 10.9 Å². The number of carbonyl (C=O) groups is 3. The lowest BCUT2D eigenvalue weighted by atomic mass is 9.81. The number of benzene rings is 1. The highest BCUT2D eigenvalue weighted by atomic mass is 16.2. The van der Waals surface area contributed by atoms with Crippen molar-refractivity contribution in [2.75, 3.05) is 6.54 Å². The van der Waals surface area contributed by atoms with Crippen LogP contribution in [0.4, 0.5) is 0 Å². The van der Waals surface area contributed by atoms with Crippen molar-refractivity contribution in [3.63, 3.8) is 0 Å². The molecule has 0 unspecified atom stereocenters. The zero-order chi connectivity index (χ0) is 17.4. The Labute approximate surface area is 145 Å².